The molecule has 7 nitrogen and oxygen atoms in total. The molecule has 5 rings (SSSR count). The van der Waals surface area contributed by atoms with Crippen LogP contribution < -0.4 is 20.4 Å². The summed E-state index contributed by atoms with van der Waals surface area (Å²) < 4.78 is 5.65. The number of hydrogen-bond donors (Lipinski definition) is 2. The Bertz CT molecular complexity index is 1150. The molecular weight excluding hydrogens is 492 g/mol. The smallest absolute Gasteiger partial charge is 0.232 e. The second-order valence-electron chi connectivity index (χ2n) is 9.25. The molecule has 3 heterocycles. The molecule has 0 aliphatic carbocycles. The number of piperazine rings is 1. The largest absolute Gasteiger partial charge is 0.381 e. The third-order valence-electron chi connectivity index (χ3n) is 7.06. The number of nitrogens with zero attached hydrogens (tertiary/aromatic N) is 4. The number of aromatic nitrogens is 2. The van der Waals surface area contributed by atoms with Gasteiger partial charge in [0.2, 0.25) is 5.95 Å². The highest BCUT2D eigenvalue weighted by atomic mass is 35.5. The Balaban J connectivity index is 1.21. The van der Waals surface area contributed by atoms with E-state index in [0.29, 0.717) is 22.8 Å². The van der Waals surface area contributed by atoms with Gasteiger partial charge in [0.25, 0.3) is 0 Å². The molecule has 0 bridgehead atoms. The molecule has 0 unspecified atom stereocenters. The number of ether oxygens (including phenoxy) is 1. The highest BCUT2D eigenvalue weighted by Crippen LogP contribution is 2.34. The summed E-state index contributed by atoms with van der Waals surface area (Å²) >= 11 is 12.0. The van der Waals surface area contributed by atoms with Crippen molar-refractivity contribution in [1.29, 1.82) is 0 Å². The van der Waals surface area contributed by atoms with Gasteiger partial charge in [0.1, 0.15) is 11.0 Å². The van der Waals surface area contributed by atoms with Crippen LogP contribution in [0.2, 0.25) is 5.15 Å². The van der Waals surface area contributed by atoms with Crippen molar-refractivity contribution in [1.82, 2.24) is 15.3 Å². The first kappa shape index (κ1) is 24.7. The van der Waals surface area contributed by atoms with E-state index in [1.54, 1.807) is 0 Å². The summed E-state index contributed by atoms with van der Waals surface area (Å²) in [4.78, 5) is 13.7. The maximum atomic E-state index is 6.37. The first-order chi connectivity index (χ1) is 17.6. The van der Waals surface area contributed by atoms with Crippen molar-refractivity contribution in [2.45, 2.75) is 18.3 Å². The molecule has 0 radical (unpaired) electrons. The predicted octanol–water partition coefficient (Wildman–Crippen LogP) is 4.49. The lowest BCUT2D eigenvalue weighted by molar-refractivity contribution is 0.0515. The van der Waals surface area contributed by atoms with Gasteiger partial charge in [-0.05, 0) is 42.8 Å². The minimum Gasteiger partial charge on any atom is -0.381 e. The zero-order valence-corrected chi connectivity index (χ0v) is 21.8. The highest BCUT2D eigenvalue weighted by Gasteiger charge is 2.34. The molecule has 2 N–H and O–H groups in total. The van der Waals surface area contributed by atoms with Crippen LogP contribution in [0.5, 0.6) is 0 Å². The van der Waals surface area contributed by atoms with Gasteiger partial charge in [0.05, 0.1) is 0 Å². The van der Waals surface area contributed by atoms with E-state index in [1.165, 1.54) is 11.3 Å². The van der Waals surface area contributed by atoms with Crippen LogP contribution in [0.25, 0.3) is 0 Å². The van der Waals surface area contributed by atoms with Gasteiger partial charge in [-0.25, -0.2) is 4.98 Å². The first-order valence-electron chi connectivity index (χ1n) is 12.4. The van der Waals surface area contributed by atoms with E-state index in [4.69, 9.17) is 33.5 Å². The van der Waals surface area contributed by atoms with E-state index in [0.717, 1.165) is 58.1 Å². The molecule has 1 aromatic heterocycles. The molecule has 0 spiro atoms. The minimum absolute atomic E-state index is 0.0238. The van der Waals surface area contributed by atoms with Crippen molar-refractivity contribution in [2.75, 3.05) is 61.1 Å². The standard InChI is InChI=1S/C27H31ClN6OS/c28-23-19-24(34-15-13-33(14-16-34)22-9-5-2-6-10-22)31-25(30-23)32-26(36)29-20-27(11-17-35-18-12-27)21-7-3-1-4-8-21/h1-10,19H,11-18,20H2,(H2,29,30,31,32,36). The Labute approximate surface area is 222 Å². The number of nitrogens with one attached hydrogen (secondary N) is 2. The number of anilines is 3. The maximum Gasteiger partial charge on any atom is 0.232 e. The number of para-hydroxylation sites is 1. The van der Waals surface area contributed by atoms with Crippen LogP contribution in [0.4, 0.5) is 17.5 Å². The average Bonchev–Trinajstić information content (AvgIpc) is 2.93. The van der Waals surface area contributed by atoms with Crippen molar-refractivity contribution >= 4 is 46.4 Å². The van der Waals surface area contributed by atoms with Crippen LogP contribution in [-0.4, -0.2) is 61.0 Å². The average molecular weight is 523 g/mol. The lowest BCUT2D eigenvalue weighted by Crippen LogP contribution is -2.47. The van der Waals surface area contributed by atoms with Gasteiger partial charge in [-0.15, -0.1) is 0 Å². The van der Waals surface area contributed by atoms with Crippen molar-refractivity contribution in [2.24, 2.45) is 0 Å². The predicted molar refractivity (Wildman–Crippen MR) is 150 cm³/mol. The molecular formula is C27H31ClN6OS. The molecule has 0 saturated carbocycles. The quantitative estimate of drug-likeness (QED) is 0.362. The van der Waals surface area contributed by atoms with Crippen LogP contribution in [0, 0.1) is 0 Å². The zero-order chi connectivity index (χ0) is 24.8. The zero-order valence-electron chi connectivity index (χ0n) is 20.2. The van der Waals surface area contributed by atoms with Gasteiger partial charge in [-0.2, -0.15) is 4.98 Å². The third-order valence-corrected chi connectivity index (χ3v) is 7.50. The summed E-state index contributed by atoms with van der Waals surface area (Å²) in [6.45, 7) is 5.74. The van der Waals surface area contributed by atoms with Crippen LogP contribution in [0.3, 0.4) is 0 Å². The molecule has 9 heteroatoms. The van der Waals surface area contributed by atoms with E-state index in [-0.39, 0.29) is 5.41 Å². The number of hydrogen-bond acceptors (Lipinski definition) is 6. The Kier molecular flexibility index (Phi) is 7.84. The number of thiocarbonyl (C=S) groups is 1. The van der Waals surface area contributed by atoms with Gasteiger partial charge >= 0.3 is 0 Å². The van der Waals surface area contributed by atoms with E-state index in [2.05, 4.69) is 73.9 Å². The van der Waals surface area contributed by atoms with E-state index < -0.39 is 0 Å². The Hall–Kier alpha value is -2.94. The number of benzene rings is 2. The van der Waals surface area contributed by atoms with E-state index in [9.17, 15) is 0 Å². The van der Waals surface area contributed by atoms with Crippen LogP contribution >= 0.6 is 23.8 Å². The SMILES string of the molecule is S=C(NCC1(c2ccccc2)CCOCC1)Nc1nc(Cl)cc(N2CCN(c3ccccc3)CC2)n1. The van der Waals surface area contributed by atoms with Crippen molar-refractivity contribution in [3.63, 3.8) is 0 Å². The molecule has 2 fully saturated rings. The number of halogens is 1. The second-order valence-corrected chi connectivity index (χ2v) is 10.0. The van der Waals surface area contributed by atoms with Crippen LogP contribution in [0.1, 0.15) is 18.4 Å². The Morgan fingerprint density at radius 1 is 0.917 bits per heavy atom. The molecule has 2 saturated heterocycles. The lowest BCUT2D eigenvalue weighted by atomic mass is 9.74. The van der Waals surface area contributed by atoms with Crippen LogP contribution in [0.15, 0.2) is 66.7 Å². The maximum absolute atomic E-state index is 6.37. The van der Waals surface area contributed by atoms with Gasteiger partial charge in [0.15, 0.2) is 5.11 Å². The molecule has 0 amide bonds. The molecule has 2 aliphatic heterocycles. The highest BCUT2D eigenvalue weighted by molar-refractivity contribution is 7.80. The topological polar surface area (TPSA) is 65.6 Å². The van der Waals surface area contributed by atoms with Gasteiger partial charge in [-0.3, -0.25) is 0 Å². The van der Waals surface area contributed by atoms with Crippen LogP contribution in [-0.2, 0) is 10.2 Å². The Morgan fingerprint density at radius 2 is 1.56 bits per heavy atom. The summed E-state index contributed by atoms with van der Waals surface area (Å²) in [5.74, 6) is 1.21. The molecule has 2 aliphatic rings. The van der Waals surface area contributed by atoms with E-state index >= 15 is 0 Å². The fourth-order valence-corrected chi connectivity index (χ4v) is 5.31. The van der Waals surface area contributed by atoms with E-state index in [1.807, 2.05) is 18.2 Å². The number of rotatable bonds is 6. The molecule has 188 valence electrons. The van der Waals surface area contributed by atoms with Gasteiger partial charge in [-0.1, -0.05) is 60.1 Å². The molecule has 3 aromatic rings. The second kappa shape index (κ2) is 11.4. The molecule has 36 heavy (non-hydrogen) atoms. The fraction of sp³-hybridized carbons (Fsp3) is 0.370. The summed E-state index contributed by atoms with van der Waals surface area (Å²) in [5, 5.41) is 7.43. The summed E-state index contributed by atoms with van der Waals surface area (Å²) in [7, 11) is 0. The fourth-order valence-electron chi connectivity index (χ4n) is 4.97. The van der Waals surface area contributed by atoms with Crippen molar-refractivity contribution < 1.29 is 4.74 Å². The summed E-state index contributed by atoms with van der Waals surface area (Å²) in [6, 6.07) is 22.9. The van der Waals surface area contributed by atoms with Crippen molar-refractivity contribution in [3.05, 3.63) is 77.4 Å². The minimum atomic E-state index is -0.0238. The summed E-state index contributed by atoms with van der Waals surface area (Å²) in [6.07, 6.45) is 1.89. The van der Waals surface area contributed by atoms with Gasteiger partial charge in [0, 0.05) is 63.1 Å². The van der Waals surface area contributed by atoms with Crippen molar-refractivity contribution in [3.8, 4) is 0 Å². The Morgan fingerprint density at radius 3 is 2.25 bits per heavy atom. The lowest BCUT2D eigenvalue weighted by Gasteiger charge is -2.38. The molecule has 0 atom stereocenters. The first-order valence-corrected chi connectivity index (χ1v) is 13.2. The summed E-state index contributed by atoms with van der Waals surface area (Å²) in [5.41, 5.74) is 2.53. The molecule has 2 aromatic carbocycles. The van der Waals surface area contributed by atoms with Gasteiger partial charge < -0.3 is 25.2 Å². The normalized spacial score (nSPS) is 17.5. The monoisotopic (exact) mass is 522 g/mol. The third kappa shape index (κ3) is 5.88.